The Morgan fingerprint density at radius 1 is 1.23 bits per heavy atom. The fraction of sp³-hybridized carbons (Fsp3) is 0.462. The Bertz CT molecular complexity index is 527. The van der Waals surface area contributed by atoms with Gasteiger partial charge < -0.3 is 35.0 Å². The van der Waals surface area contributed by atoms with E-state index in [1.54, 1.807) is 0 Å². The number of phenolic OH excluding ortho intramolecular Hbond substituents is 1. The van der Waals surface area contributed by atoms with Gasteiger partial charge in [0, 0.05) is 17.5 Å². The molecule has 0 saturated carbocycles. The summed E-state index contributed by atoms with van der Waals surface area (Å²) in [5.41, 5.74) is 1.23. The number of carbonyl (C=O) groups excluding carboxylic acids is 1. The Balaban J connectivity index is 2.36. The predicted molar refractivity (Wildman–Crippen MR) is 78.8 cm³/mol. The third-order valence-corrected chi connectivity index (χ3v) is 3.88. The first kappa shape index (κ1) is 17.0. The van der Waals surface area contributed by atoms with Crippen molar-refractivity contribution in [1.82, 2.24) is 0 Å². The summed E-state index contributed by atoms with van der Waals surface area (Å²) in [6, 6.07) is 4.16. The van der Waals surface area contributed by atoms with Gasteiger partial charge in [-0.3, -0.25) is 4.79 Å². The maximum atomic E-state index is 10.5. The highest BCUT2D eigenvalue weighted by atomic mass is 32.2. The number of benzene rings is 1. The summed E-state index contributed by atoms with van der Waals surface area (Å²) in [5, 5.41) is 48.5. The Morgan fingerprint density at radius 3 is 2.59 bits per heavy atom. The van der Waals surface area contributed by atoms with Crippen LogP contribution in [0.4, 0.5) is 5.69 Å². The van der Waals surface area contributed by atoms with Crippen LogP contribution in [0.3, 0.4) is 0 Å². The number of hydrogen-bond acceptors (Lipinski definition) is 9. The first-order chi connectivity index (χ1) is 10.5. The lowest BCUT2D eigenvalue weighted by molar-refractivity contribution is -0.231. The van der Waals surface area contributed by atoms with E-state index in [-0.39, 0.29) is 11.3 Å². The summed E-state index contributed by atoms with van der Waals surface area (Å²) < 4.78 is 8.14. The van der Waals surface area contributed by atoms with Crippen LogP contribution < -0.4 is 4.72 Å². The van der Waals surface area contributed by atoms with Crippen molar-refractivity contribution in [2.75, 3.05) is 11.3 Å². The summed E-state index contributed by atoms with van der Waals surface area (Å²) in [4.78, 5) is 10.5. The number of aliphatic hydroxyl groups is 4. The van der Waals surface area contributed by atoms with Crippen molar-refractivity contribution in [3.63, 3.8) is 0 Å². The first-order valence-electron chi connectivity index (χ1n) is 6.48. The zero-order chi connectivity index (χ0) is 16.3. The molecule has 1 aliphatic rings. The number of rotatable bonds is 5. The van der Waals surface area contributed by atoms with E-state index in [4.69, 9.17) is 4.74 Å². The van der Waals surface area contributed by atoms with E-state index in [0.29, 0.717) is 11.3 Å². The lowest BCUT2D eigenvalue weighted by Crippen LogP contribution is -2.55. The zero-order valence-electron chi connectivity index (χ0n) is 11.4. The van der Waals surface area contributed by atoms with Crippen molar-refractivity contribution < 1.29 is 35.1 Å². The fourth-order valence-corrected chi connectivity index (χ4v) is 2.69. The Kier molecular flexibility index (Phi) is 5.62. The number of hydrogen-bond donors (Lipinski definition) is 6. The minimum atomic E-state index is -1.52. The maximum Gasteiger partial charge on any atom is 0.196 e. The standard InChI is InChI=1S/C13H17NO7S/c15-4-9-10(18)11(19)12(20)13(21-9)7-3-6(17)1-2-8(7)14-22-5-16/h1-3,5,9-15,17-20H,4H2/t9-,10-,11+,12+,13-/m1/s1. The molecule has 1 aliphatic heterocycles. The van der Waals surface area contributed by atoms with Gasteiger partial charge in [0.05, 0.1) is 12.3 Å². The molecule has 8 nitrogen and oxygen atoms in total. The molecule has 0 amide bonds. The summed E-state index contributed by atoms with van der Waals surface area (Å²) in [7, 11) is 0. The molecule has 2 rings (SSSR count). The largest absolute Gasteiger partial charge is 0.508 e. The summed E-state index contributed by atoms with van der Waals surface area (Å²) >= 11 is 0.744. The van der Waals surface area contributed by atoms with Crippen LogP contribution in [0.15, 0.2) is 18.2 Å². The van der Waals surface area contributed by atoms with E-state index in [9.17, 15) is 30.3 Å². The van der Waals surface area contributed by atoms with Crippen molar-refractivity contribution in [3.8, 4) is 5.75 Å². The second-order valence-electron chi connectivity index (χ2n) is 4.84. The molecule has 1 fully saturated rings. The molecule has 0 bridgehead atoms. The summed E-state index contributed by atoms with van der Waals surface area (Å²) in [5.74, 6) is -0.103. The van der Waals surface area contributed by atoms with Crippen molar-refractivity contribution in [1.29, 1.82) is 0 Å². The molecule has 122 valence electrons. The second kappa shape index (κ2) is 7.27. The van der Waals surface area contributed by atoms with Crippen LogP contribution in [0.25, 0.3) is 0 Å². The van der Waals surface area contributed by atoms with Gasteiger partial charge in [0.25, 0.3) is 0 Å². The van der Waals surface area contributed by atoms with E-state index in [0.717, 1.165) is 11.9 Å². The van der Waals surface area contributed by atoms with Crippen LogP contribution in [0.5, 0.6) is 5.75 Å². The number of aliphatic hydroxyl groups excluding tert-OH is 4. The highest BCUT2D eigenvalue weighted by Gasteiger charge is 2.44. The van der Waals surface area contributed by atoms with Crippen LogP contribution in [-0.4, -0.2) is 62.2 Å². The van der Waals surface area contributed by atoms with Crippen molar-refractivity contribution in [3.05, 3.63) is 23.8 Å². The van der Waals surface area contributed by atoms with Crippen molar-refractivity contribution >= 4 is 23.3 Å². The molecule has 5 atom stereocenters. The number of phenols is 1. The van der Waals surface area contributed by atoms with Gasteiger partial charge in [0.2, 0.25) is 0 Å². The molecule has 0 unspecified atom stereocenters. The smallest absolute Gasteiger partial charge is 0.196 e. The SMILES string of the molecule is O=CSNc1ccc(O)cc1[C@H]1O[C@H](CO)[C@@H](O)[C@H](O)[C@@H]1O. The van der Waals surface area contributed by atoms with Crippen LogP contribution in [0.2, 0.25) is 0 Å². The number of carbonyl (C=O) groups is 1. The molecule has 22 heavy (non-hydrogen) atoms. The number of aromatic hydroxyl groups is 1. The van der Waals surface area contributed by atoms with Gasteiger partial charge in [-0.05, 0) is 18.2 Å². The normalized spacial score (nSPS) is 31.7. The third-order valence-electron chi connectivity index (χ3n) is 3.45. The Morgan fingerprint density at radius 2 is 1.95 bits per heavy atom. The van der Waals surface area contributed by atoms with Gasteiger partial charge in [-0.25, -0.2) is 0 Å². The van der Waals surface area contributed by atoms with Crippen molar-refractivity contribution in [2.24, 2.45) is 0 Å². The average molecular weight is 331 g/mol. The molecule has 1 saturated heterocycles. The van der Waals surface area contributed by atoms with Gasteiger partial charge in [-0.2, -0.15) is 0 Å². The van der Waals surface area contributed by atoms with E-state index < -0.39 is 37.1 Å². The van der Waals surface area contributed by atoms with Gasteiger partial charge in [0.1, 0.15) is 36.3 Å². The topological polar surface area (TPSA) is 139 Å². The van der Waals surface area contributed by atoms with E-state index in [2.05, 4.69) is 4.72 Å². The highest BCUT2D eigenvalue weighted by molar-refractivity contribution is 8.13. The van der Waals surface area contributed by atoms with Gasteiger partial charge in [-0.1, -0.05) is 0 Å². The maximum absolute atomic E-state index is 10.5. The third kappa shape index (κ3) is 3.35. The zero-order valence-corrected chi connectivity index (χ0v) is 12.2. The van der Waals surface area contributed by atoms with E-state index >= 15 is 0 Å². The number of anilines is 1. The van der Waals surface area contributed by atoms with Crippen LogP contribution >= 0.6 is 11.9 Å². The molecular formula is C13H17NO7S. The van der Waals surface area contributed by atoms with Gasteiger partial charge >= 0.3 is 0 Å². The molecule has 0 spiro atoms. The molecule has 1 aromatic carbocycles. The minimum Gasteiger partial charge on any atom is -0.508 e. The Hall–Kier alpha value is -1.36. The molecule has 0 radical (unpaired) electrons. The van der Waals surface area contributed by atoms with Gasteiger partial charge in [0.15, 0.2) is 5.62 Å². The number of ether oxygens (including phenoxy) is 1. The van der Waals surface area contributed by atoms with Crippen LogP contribution in [0.1, 0.15) is 11.7 Å². The molecule has 0 aliphatic carbocycles. The monoisotopic (exact) mass is 331 g/mol. The molecule has 6 N–H and O–H groups in total. The molecule has 0 aromatic heterocycles. The van der Waals surface area contributed by atoms with Crippen molar-refractivity contribution in [2.45, 2.75) is 30.5 Å². The molecule has 9 heteroatoms. The fourth-order valence-electron chi connectivity index (χ4n) is 2.32. The molecule has 1 aromatic rings. The van der Waals surface area contributed by atoms with Crippen LogP contribution in [-0.2, 0) is 9.53 Å². The van der Waals surface area contributed by atoms with Crippen LogP contribution in [0, 0.1) is 0 Å². The lowest BCUT2D eigenvalue weighted by atomic mass is 9.90. The predicted octanol–water partition coefficient (Wildman–Crippen LogP) is -0.843. The van der Waals surface area contributed by atoms with E-state index in [1.807, 2.05) is 0 Å². The quantitative estimate of drug-likeness (QED) is 0.231. The minimum absolute atomic E-state index is 0.103. The first-order valence-corrected chi connectivity index (χ1v) is 7.36. The van der Waals surface area contributed by atoms with Gasteiger partial charge in [-0.15, -0.1) is 0 Å². The van der Waals surface area contributed by atoms with E-state index in [1.165, 1.54) is 18.2 Å². The Labute approximate surface area is 130 Å². The molecule has 1 heterocycles. The lowest BCUT2D eigenvalue weighted by Gasteiger charge is -2.40. The highest BCUT2D eigenvalue weighted by Crippen LogP contribution is 2.38. The second-order valence-corrected chi connectivity index (χ2v) is 5.47. The summed E-state index contributed by atoms with van der Waals surface area (Å²) in [6.45, 7) is -0.549. The average Bonchev–Trinajstić information content (AvgIpc) is 2.52. The number of nitrogens with one attached hydrogen (secondary N) is 1. The summed E-state index contributed by atoms with van der Waals surface area (Å²) in [6.07, 6.45) is -6.62. The molecular weight excluding hydrogens is 314 g/mol.